The Balaban J connectivity index is 1.37. The molecule has 0 amide bonds. The Morgan fingerprint density at radius 2 is 0.967 bits per heavy atom. The van der Waals surface area contributed by atoms with Gasteiger partial charge in [-0.05, 0) is 27.8 Å². The Morgan fingerprint density at radius 1 is 0.467 bits per heavy atom. The molecular formula is C28H22N2. The predicted octanol–water partition coefficient (Wildman–Crippen LogP) is 6.28. The standard InChI is InChI=1S/C28H22N2/c1-4-10-20(11-5-1)21-16-18-22(19-17-21)25-27-26(23-12-6-2-7-13-23)30(27)28(29-25)24-14-8-3-9-15-24/h1-19,26-28H. The highest BCUT2D eigenvalue weighted by molar-refractivity contribution is 6.08. The second kappa shape index (κ2) is 7.08. The lowest BCUT2D eigenvalue weighted by atomic mass is 9.98. The van der Waals surface area contributed by atoms with Crippen molar-refractivity contribution in [3.05, 3.63) is 132 Å². The van der Waals surface area contributed by atoms with Gasteiger partial charge in [0.25, 0.3) is 0 Å². The van der Waals surface area contributed by atoms with Crippen molar-refractivity contribution < 1.29 is 0 Å². The maximum absolute atomic E-state index is 5.18. The Hall–Kier alpha value is -3.49. The normalized spacial score (nSPS) is 24.2. The first-order chi connectivity index (χ1) is 14.9. The topological polar surface area (TPSA) is 15.4 Å². The zero-order valence-electron chi connectivity index (χ0n) is 16.6. The zero-order valence-corrected chi connectivity index (χ0v) is 16.6. The third-order valence-corrected chi connectivity index (χ3v) is 6.20. The number of aliphatic imine (C=N–C) groups is 1. The molecule has 0 saturated carbocycles. The van der Waals surface area contributed by atoms with Gasteiger partial charge < -0.3 is 0 Å². The van der Waals surface area contributed by atoms with Crippen LogP contribution in [-0.4, -0.2) is 16.7 Å². The van der Waals surface area contributed by atoms with Gasteiger partial charge in [-0.2, -0.15) is 0 Å². The van der Waals surface area contributed by atoms with E-state index in [2.05, 4.69) is 120 Å². The van der Waals surface area contributed by atoms with Gasteiger partial charge in [-0.3, -0.25) is 9.89 Å². The van der Waals surface area contributed by atoms with Crippen molar-refractivity contribution in [3.63, 3.8) is 0 Å². The molecule has 4 aromatic carbocycles. The van der Waals surface area contributed by atoms with Crippen molar-refractivity contribution >= 4 is 5.71 Å². The van der Waals surface area contributed by atoms with Crippen molar-refractivity contribution in [3.8, 4) is 11.1 Å². The SMILES string of the molecule is c1ccc(-c2ccc(C3=NC(c4ccccc4)N4C3C4c3ccccc3)cc2)cc1. The summed E-state index contributed by atoms with van der Waals surface area (Å²) in [6.07, 6.45) is 0.0882. The molecule has 144 valence electrons. The van der Waals surface area contributed by atoms with Crippen LogP contribution in [0.5, 0.6) is 0 Å². The van der Waals surface area contributed by atoms with Gasteiger partial charge in [-0.15, -0.1) is 0 Å². The molecule has 4 atom stereocenters. The quantitative estimate of drug-likeness (QED) is 0.377. The number of benzene rings is 4. The van der Waals surface area contributed by atoms with E-state index in [1.165, 1.54) is 33.5 Å². The van der Waals surface area contributed by atoms with Crippen LogP contribution in [-0.2, 0) is 0 Å². The minimum atomic E-state index is 0.0882. The van der Waals surface area contributed by atoms with Crippen LogP contribution in [0.4, 0.5) is 0 Å². The van der Waals surface area contributed by atoms with Gasteiger partial charge in [0.2, 0.25) is 0 Å². The lowest BCUT2D eigenvalue weighted by Crippen LogP contribution is -2.08. The monoisotopic (exact) mass is 386 g/mol. The highest BCUT2D eigenvalue weighted by atomic mass is 15.5. The summed E-state index contributed by atoms with van der Waals surface area (Å²) in [5.41, 5.74) is 7.55. The smallest absolute Gasteiger partial charge is 0.129 e. The van der Waals surface area contributed by atoms with E-state index in [1.807, 2.05) is 0 Å². The van der Waals surface area contributed by atoms with Gasteiger partial charge in [0, 0.05) is 0 Å². The van der Waals surface area contributed by atoms with Crippen LogP contribution in [0.2, 0.25) is 0 Å². The molecule has 2 nitrogen and oxygen atoms in total. The summed E-state index contributed by atoms with van der Waals surface area (Å²) in [5.74, 6) is 0. The lowest BCUT2D eigenvalue weighted by Gasteiger charge is -2.14. The molecule has 2 aliphatic rings. The summed E-state index contributed by atoms with van der Waals surface area (Å²) < 4.78 is 0. The van der Waals surface area contributed by atoms with Crippen LogP contribution in [0.3, 0.4) is 0 Å². The molecule has 0 N–H and O–H groups in total. The average Bonchev–Trinajstić information content (AvgIpc) is 3.44. The van der Waals surface area contributed by atoms with Crippen LogP contribution in [0.15, 0.2) is 120 Å². The van der Waals surface area contributed by atoms with Crippen molar-refractivity contribution in [1.29, 1.82) is 0 Å². The molecule has 0 bridgehead atoms. The molecule has 2 heteroatoms. The molecule has 1 fully saturated rings. The summed E-state index contributed by atoms with van der Waals surface area (Å²) in [5, 5.41) is 0. The van der Waals surface area contributed by atoms with Crippen LogP contribution < -0.4 is 0 Å². The van der Waals surface area contributed by atoms with Gasteiger partial charge in [0.15, 0.2) is 0 Å². The number of nitrogens with zero attached hydrogens (tertiary/aromatic N) is 2. The van der Waals surface area contributed by atoms with E-state index < -0.39 is 0 Å². The summed E-state index contributed by atoms with van der Waals surface area (Å²) >= 11 is 0. The molecule has 0 aliphatic carbocycles. The van der Waals surface area contributed by atoms with Gasteiger partial charge in [-0.25, -0.2) is 0 Å². The second-order valence-electron chi connectivity index (χ2n) is 7.99. The minimum absolute atomic E-state index is 0.0882. The van der Waals surface area contributed by atoms with Crippen LogP contribution in [0.1, 0.15) is 28.9 Å². The summed E-state index contributed by atoms with van der Waals surface area (Å²) in [6, 6.07) is 41.7. The van der Waals surface area contributed by atoms with E-state index in [4.69, 9.17) is 4.99 Å². The highest BCUT2D eigenvalue weighted by Crippen LogP contribution is 2.55. The number of rotatable bonds is 4. The Bertz CT molecular complexity index is 1180. The van der Waals surface area contributed by atoms with E-state index >= 15 is 0 Å². The summed E-state index contributed by atoms with van der Waals surface area (Å²) in [7, 11) is 0. The average molecular weight is 386 g/mol. The second-order valence-corrected chi connectivity index (χ2v) is 7.99. The number of fused-ring (bicyclic) bond motifs is 1. The van der Waals surface area contributed by atoms with E-state index in [0.717, 1.165) is 0 Å². The molecular weight excluding hydrogens is 364 g/mol. The molecule has 2 heterocycles. The van der Waals surface area contributed by atoms with Crippen LogP contribution >= 0.6 is 0 Å². The third kappa shape index (κ3) is 2.89. The first-order valence-corrected chi connectivity index (χ1v) is 10.5. The molecule has 1 saturated heterocycles. The summed E-state index contributed by atoms with van der Waals surface area (Å²) in [4.78, 5) is 7.71. The van der Waals surface area contributed by atoms with E-state index in [0.29, 0.717) is 12.1 Å². The Labute approximate surface area is 177 Å². The lowest BCUT2D eigenvalue weighted by molar-refractivity contribution is 0.404. The Morgan fingerprint density at radius 3 is 1.60 bits per heavy atom. The van der Waals surface area contributed by atoms with Gasteiger partial charge in [0.1, 0.15) is 6.17 Å². The molecule has 30 heavy (non-hydrogen) atoms. The van der Waals surface area contributed by atoms with E-state index in [-0.39, 0.29) is 6.17 Å². The number of hydrogen-bond donors (Lipinski definition) is 0. The summed E-state index contributed by atoms with van der Waals surface area (Å²) in [6.45, 7) is 0. The van der Waals surface area contributed by atoms with Crippen LogP contribution in [0.25, 0.3) is 11.1 Å². The van der Waals surface area contributed by atoms with Gasteiger partial charge in [0.05, 0.1) is 17.8 Å². The minimum Gasteiger partial charge on any atom is -0.263 e. The van der Waals surface area contributed by atoms with Crippen molar-refractivity contribution in [2.24, 2.45) is 4.99 Å². The molecule has 4 aromatic rings. The van der Waals surface area contributed by atoms with E-state index in [1.54, 1.807) is 0 Å². The van der Waals surface area contributed by atoms with Crippen molar-refractivity contribution in [2.75, 3.05) is 0 Å². The molecule has 4 unspecified atom stereocenters. The number of hydrogen-bond acceptors (Lipinski definition) is 2. The van der Waals surface area contributed by atoms with Gasteiger partial charge in [-0.1, -0.05) is 115 Å². The Kier molecular flexibility index (Phi) is 4.10. The van der Waals surface area contributed by atoms with Crippen molar-refractivity contribution in [2.45, 2.75) is 18.2 Å². The van der Waals surface area contributed by atoms with Crippen molar-refractivity contribution in [1.82, 2.24) is 4.90 Å². The molecule has 0 radical (unpaired) electrons. The fourth-order valence-corrected chi connectivity index (χ4v) is 4.70. The fraction of sp³-hybridized carbons (Fsp3) is 0.107. The van der Waals surface area contributed by atoms with Gasteiger partial charge >= 0.3 is 0 Å². The molecule has 0 aromatic heterocycles. The third-order valence-electron chi connectivity index (χ3n) is 6.20. The first kappa shape index (κ1) is 17.4. The first-order valence-electron chi connectivity index (χ1n) is 10.5. The molecule has 6 rings (SSSR count). The maximum Gasteiger partial charge on any atom is 0.129 e. The molecule has 0 spiro atoms. The highest BCUT2D eigenvalue weighted by Gasteiger charge is 2.59. The van der Waals surface area contributed by atoms with E-state index in [9.17, 15) is 0 Å². The predicted molar refractivity (Wildman–Crippen MR) is 122 cm³/mol. The zero-order chi connectivity index (χ0) is 19.9. The fourth-order valence-electron chi connectivity index (χ4n) is 4.70. The molecule has 2 aliphatic heterocycles. The maximum atomic E-state index is 5.18. The van der Waals surface area contributed by atoms with Crippen LogP contribution in [0, 0.1) is 0 Å². The largest absolute Gasteiger partial charge is 0.263 e.